The third-order valence-electron chi connectivity index (χ3n) is 4.04. The van der Waals surface area contributed by atoms with Gasteiger partial charge in [-0.25, -0.2) is 0 Å². The highest BCUT2D eigenvalue weighted by atomic mass is 16.5. The van der Waals surface area contributed by atoms with Gasteiger partial charge in [0, 0.05) is 17.5 Å². The Kier molecular flexibility index (Phi) is 5.59. The molecule has 0 N–H and O–H groups in total. The number of aryl methyl sites for hydroxylation is 1. The quantitative estimate of drug-likeness (QED) is 0.621. The van der Waals surface area contributed by atoms with Gasteiger partial charge in [-0.15, -0.1) is 0 Å². The Morgan fingerprint density at radius 2 is 2.08 bits per heavy atom. The van der Waals surface area contributed by atoms with E-state index in [1.54, 1.807) is 12.3 Å². The van der Waals surface area contributed by atoms with E-state index >= 15 is 0 Å². The van der Waals surface area contributed by atoms with Crippen molar-refractivity contribution < 1.29 is 4.74 Å². The van der Waals surface area contributed by atoms with Crippen LogP contribution in [0, 0.1) is 6.92 Å². The van der Waals surface area contributed by atoms with Gasteiger partial charge in [-0.2, -0.15) is 0 Å². The minimum absolute atomic E-state index is 0.747. The summed E-state index contributed by atoms with van der Waals surface area (Å²) in [5.41, 5.74) is 4.80. The average Bonchev–Trinajstić information content (AvgIpc) is 2.66. The molecular weight excluding hydrogens is 320 g/mol. The second-order valence-corrected chi connectivity index (χ2v) is 6.07. The van der Waals surface area contributed by atoms with Crippen LogP contribution < -0.4 is 4.74 Å². The first kappa shape index (κ1) is 17.6. The molecule has 1 aliphatic rings. The van der Waals surface area contributed by atoms with E-state index in [-0.39, 0.29) is 0 Å². The molecule has 0 aliphatic heterocycles. The summed E-state index contributed by atoms with van der Waals surface area (Å²) in [5.74, 6) is 1.60. The Balaban J connectivity index is 1.79. The van der Waals surface area contributed by atoms with Crippen LogP contribution in [-0.2, 0) is 0 Å². The summed E-state index contributed by atoms with van der Waals surface area (Å²) in [6, 6.07) is 14.0. The van der Waals surface area contributed by atoms with Crippen molar-refractivity contribution in [3.63, 3.8) is 0 Å². The molecular formula is C23H22N2O. The van der Waals surface area contributed by atoms with Crippen molar-refractivity contribution in [2.45, 2.75) is 19.8 Å². The maximum Gasteiger partial charge on any atom is 0.128 e. The van der Waals surface area contributed by atoms with E-state index in [1.807, 2.05) is 55.5 Å². The largest absolute Gasteiger partial charge is 0.458 e. The molecule has 2 aromatic rings. The standard InChI is InChI=1S/C23H22N2O/c1-4-14-24-18(3)19-9-6-11-21(15-19)26-22-12-7-10-20(16-22)23-13-5-8-17(2)25-23/h4-5,7-8,10-16H,1,3,6,9H2,2H3. The SMILES string of the molecule is C=CC=NC(=C)C1=CC(Oc2cccc(-c3cccc(C)n3)c2)=CCC1. The average molecular weight is 342 g/mol. The number of rotatable bonds is 6. The highest BCUT2D eigenvalue weighted by molar-refractivity contribution is 5.72. The van der Waals surface area contributed by atoms with E-state index < -0.39 is 0 Å². The molecule has 0 bridgehead atoms. The van der Waals surface area contributed by atoms with E-state index in [2.05, 4.69) is 29.2 Å². The number of aliphatic imine (C=N–C) groups is 1. The van der Waals surface area contributed by atoms with Crippen molar-refractivity contribution in [1.29, 1.82) is 0 Å². The third-order valence-corrected chi connectivity index (χ3v) is 4.04. The summed E-state index contributed by atoms with van der Waals surface area (Å²) in [7, 11) is 0. The highest BCUT2D eigenvalue weighted by Gasteiger charge is 2.10. The lowest BCUT2D eigenvalue weighted by molar-refractivity contribution is 0.438. The van der Waals surface area contributed by atoms with E-state index in [4.69, 9.17) is 4.74 Å². The molecule has 0 saturated carbocycles. The number of hydrogen-bond donors (Lipinski definition) is 0. The summed E-state index contributed by atoms with van der Waals surface area (Å²) in [5, 5.41) is 0. The lowest BCUT2D eigenvalue weighted by Gasteiger charge is -2.15. The molecule has 3 nitrogen and oxygen atoms in total. The predicted octanol–water partition coefficient (Wildman–Crippen LogP) is 5.81. The van der Waals surface area contributed by atoms with Gasteiger partial charge < -0.3 is 4.74 Å². The molecule has 26 heavy (non-hydrogen) atoms. The van der Waals surface area contributed by atoms with Gasteiger partial charge in [-0.1, -0.05) is 37.4 Å². The zero-order valence-corrected chi connectivity index (χ0v) is 15.0. The molecule has 0 amide bonds. The van der Waals surface area contributed by atoms with E-state index in [0.717, 1.165) is 52.6 Å². The van der Waals surface area contributed by atoms with Crippen molar-refractivity contribution in [3.8, 4) is 17.0 Å². The Labute approximate surface area is 154 Å². The zero-order valence-electron chi connectivity index (χ0n) is 15.0. The van der Waals surface area contributed by atoms with Crippen LogP contribution in [0.3, 0.4) is 0 Å². The van der Waals surface area contributed by atoms with E-state index in [9.17, 15) is 0 Å². The zero-order chi connectivity index (χ0) is 18.4. The first-order valence-electron chi connectivity index (χ1n) is 8.63. The number of pyridine rings is 1. The minimum atomic E-state index is 0.747. The van der Waals surface area contributed by atoms with Crippen LogP contribution in [0.25, 0.3) is 11.3 Å². The maximum atomic E-state index is 6.08. The Bertz CT molecular complexity index is 919. The molecule has 1 aliphatic carbocycles. The van der Waals surface area contributed by atoms with Gasteiger partial charge in [0.25, 0.3) is 0 Å². The summed E-state index contributed by atoms with van der Waals surface area (Å²) < 4.78 is 6.08. The fourth-order valence-corrected chi connectivity index (χ4v) is 2.76. The van der Waals surface area contributed by atoms with Crippen LogP contribution in [0.15, 0.2) is 95.9 Å². The fraction of sp³-hybridized carbons (Fsp3) is 0.130. The van der Waals surface area contributed by atoms with E-state index in [1.165, 1.54) is 0 Å². The van der Waals surface area contributed by atoms with Crippen LogP contribution >= 0.6 is 0 Å². The van der Waals surface area contributed by atoms with Crippen molar-refractivity contribution in [2.24, 2.45) is 4.99 Å². The second-order valence-electron chi connectivity index (χ2n) is 6.07. The first-order valence-corrected chi connectivity index (χ1v) is 8.63. The Morgan fingerprint density at radius 3 is 2.88 bits per heavy atom. The topological polar surface area (TPSA) is 34.5 Å². The van der Waals surface area contributed by atoms with Gasteiger partial charge in [0.1, 0.15) is 11.5 Å². The maximum absolute atomic E-state index is 6.08. The summed E-state index contributed by atoms with van der Waals surface area (Å²) in [6.45, 7) is 9.64. The van der Waals surface area contributed by atoms with Crippen LogP contribution in [0.1, 0.15) is 18.5 Å². The van der Waals surface area contributed by atoms with Crippen LogP contribution in [-0.4, -0.2) is 11.2 Å². The van der Waals surface area contributed by atoms with Gasteiger partial charge in [-0.05, 0) is 61.8 Å². The second kappa shape index (κ2) is 8.26. The number of ether oxygens (including phenoxy) is 1. The number of benzene rings is 1. The normalized spacial score (nSPS) is 13.9. The monoisotopic (exact) mass is 342 g/mol. The fourth-order valence-electron chi connectivity index (χ4n) is 2.76. The van der Waals surface area contributed by atoms with Crippen LogP contribution in [0.2, 0.25) is 0 Å². The molecule has 1 aromatic heterocycles. The van der Waals surface area contributed by atoms with Crippen molar-refractivity contribution in [1.82, 2.24) is 4.98 Å². The molecule has 0 saturated heterocycles. The van der Waals surface area contributed by atoms with Crippen LogP contribution in [0.5, 0.6) is 5.75 Å². The lowest BCUT2D eigenvalue weighted by Crippen LogP contribution is -2.00. The Morgan fingerprint density at radius 1 is 1.23 bits per heavy atom. The van der Waals surface area contributed by atoms with Crippen molar-refractivity contribution in [3.05, 3.63) is 96.6 Å². The first-order chi connectivity index (χ1) is 12.7. The van der Waals surface area contributed by atoms with Gasteiger partial charge in [0.2, 0.25) is 0 Å². The molecule has 0 fully saturated rings. The highest BCUT2D eigenvalue weighted by Crippen LogP contribution is 2.28. The lowest BCUT2D eigenvalue weighted by atomic mass is 10.0. The smallest absolute Gasteiger partial charge is 0.128 e. The van der Waals surface area contributed by atoms with Crippen molar-refractivity contribution in [2.75, 3.05) is 0 Å². The summed E-state index contributed by atoms with van der Waals surface area (Å²) in [4.78, 5) is 8.85. The number of aromatic nitrogens is 1. The van der Waals surface area contributed by atoms with Gasteiger partial charge >= 0.3 is 0 Å². The minimum Gasteiger partial charge on any atom is -0.458 e. The number of hydrogen-bond acceptors (Lipinski definition) is 3. The summed E-state index contributed by atoms with van der Waals surface area (Å²) in [6.07, 6.45) is 9.21. The third kappa shape index (κ3) is 4.45. The van der Waals surface area contributed by atoms with Crippen LogP contribution in [0.4, 0.5) is 0 Å². The van der Waals surface area contributed by atoms with Gasteiger partial charge in [0.05, 0.1) is 11.4 Å². The predicted molar refractivity (Wildman–Crippen MR) is 108 cm³/mol. The summed E-state index contributed by atoms with van der Waals surface area (Å²) >= 11 is 0. The molecule has 0 atom stereocenters. The molecule has 3 heteroatoms. The number of allylic oxidation sites excluding steroid dienone is 4. The Hall–Kier alpha value is -3.20. The molecule has 130 valence electrons. The molecule has 0 spiro atoms. The molecule has 0 unspecified atom stereocenters. The van der Waals surface area contributed by atoms with Crippen molar-refractivity contribution >= 4 is 6.21 Å². The molecule has 3 rings (SSSR count). The molecule has 1 heterocycles. The van der Waals surface area contributed by atoms with Gasteiger partial charge in [0.15, 0.2) is 0 Å². The molecule has 1 aromatic carbocycles. The van der Waals surface area contributed by atoms with E-state index in [0.29, 0.717) is 0 Å². The van der Waals surface area contributed by atoms with Gasteiger partial charge in [-0.3, -0.25) is 9.98 Å². The molecule has 0 radical (unpaired) electrons. The number of nitrogens with zero attached hydrogens (tertiary/aromatic N) is 2.